The molecule has 184 valence electrons. The largest absolute Gasteiger partial charge is 0.504 e. The van der Waals surface area contributed by atoms with Crippen molar-refractivity contribution in [2.24, 2.45) is 0 Å². The summed E-state index contributed by atoms with van der Waals surface area (Å²) in [5.41, 5.74) is 1.48. The molecule has 11 nitrogen and oxygen atoms in total. The number of phenolic OH excluding ortho intramolecular Hbond substituents is 1. The van der Waals surface area contributed by atoms with Crippen molar-refractivity contribution >= 4 is 5.97 Å². The Balaban J connectivity index is 1.50. The molecule has 2 aromatic rings. The zero-order valence-electron chi connectivity index (χ0n) is 18.5. The molecule has 34 heavy (non-hydrogen) atoms. The summed E-state index contributed by atoms with van der Waals surface area (Å²) in [6.45, 7) is 0.258. The van der Waals surface area contributed by atoms with Gasteiger partial charge in [-0.2, -0.15) is 0 Å². The summed E-state index contributed by atoms with van der Waals surface area (Å²) in [6.07, 6.45) is -7.95. The molecule has 0 saturated carbocycles. The van der Waals surface area contributed by atoms with Crippen LogP contribution in [0.4, 0.5) is 0 Å². The number of aliphatic hydroxyl groups excluding tert-OH is 3. The number of fused-ring (bicyclic) bond motifs is 1. The van der Waals surface area contributed by atoms with Gasteiger partial charge in [0, 0.05) is 17.5 Å². The van der Waals surface area contributed by atoms with Gasteiger partial charge in [-0.25, -0.2) is 4.79 Å². The van der Waals surface area contributed by atoms with Crippen molar-refractivity contribution in [2.45, 2.75) is 43.0 Å². The van der Waals surface area contributed by atoms with Crippen molar-refractivity contribution in [3.63, 3.8) is 0 Å². The van der Waals surface area contributed by atoms with E-state index >= 15 is 0 Å². The Morgan fingerprint density at radius 2 is 1.79 bits per heavy atom. The van der Waals surface area contributed by atoms with E-state index in [2.05, 4.69) is 0 Å². The van der Waals surface area contributed by atoms with Gasteiger partial charge in [0.25, 0.3) is 0 Å². The van der Waals surface area contributed by atoms with Crippen molar-refractivity contribution < 1.29 is 54.0 Å². The van der Waals surface area contributed by atoms with Crippen molar-refractivity contribution in [3.05, 3.63) is 41.5 Å². The van der Waals surface area contributed by atoms with E-state index in [0.717, 1.165) is 5.56 Å². The molecule has 1 saturated heterocycles. The number of carboxylic acid groups (broad SMARTS) is 1. The topological polar surface area (TPSA) is 164 Å². The van der Waals surface area contributed by atoms with E-state index in [0.29, 0.717) is 23.5 Å². The van der Waals surface area contributed by atoms with Gasteiger partial charge in [-0.1, -0.05) is 12.1 Å². The zero-order chi connectivity index (χ0) is 24.6. The third-order valence-electron chi connectivity index (χ3n) is 6.00. The smallest absolute Gasteiger partial charge is 0.335 e. The number of hydrogen-bond acceptors (Lipinski definition) is 10. The molecule has 0 unspecified atom stereocenters. The van der Waals surface area contributed by atoms with Crippen LogP contribution in [-0.4, -0.2) is 83.0 Å². The summed E-state index contributed by atoms with van der Waals surface area (Å²) in [5, 5.41) is 49.7. The first-order valence-electron chi connectivity index (χ1n) is 10.5. The number of rotatable bonds is 6. The van der Waals surface area contributed by atoms with E-state index in [1.165, 1.54) is 14.2 Å². The van der Waals surface area contributed by atoms with Gasteiger partial charge in [0.15, 0.2) is 17.6 Å². The molecule has 0 spiro atoms. The van der Waals surface area contributed by atoms with Crippen molar-refractivity contribution in [1.82, 2.24) is 0 Å². The van der Waals surface area contributed by atoms with E-state index < -0.39 is 36.7 Å². The normalized spacial score (nSPS) is 28.4. The lowest BCUT2D eigenvalue weighted by atomic mass is 9.89. The molecule has 0 amide bonds. The summed E-state index contributed by atoms with van der Waals surface area (Å²) < 4.78 is 27.1. The molecule has 0 bridgehead atoms. The molecular weight excluding hydrogens is 452 g/mol. The first-order chi connectivity index (χ1) is 16.2. The minimum Gasteiger partial charge on any atom is -0.504 e. The predicted octanol–water partition coefficient (Wildman–Crippen LogP) is 0.399. The molecular formula is C23H26O11. The average molecular weight is 478 g/mol. The molecule has 2 aliphatic rings. The van der Waals surface area contributed by atoms with Gasteiger partial charge >= 0.3 is 5.97 Å². The van der Waals surface area contributed by atoms with Crippen LogP contribution in [0, 0.1) is 0 Å². The highest BCUT2D eigenvalue weighted by atomic mass is 16.7. The van der Waals surface area contributed by atoms with Gasteiger partial charge in [-0.05, 0) is 24.1 Å². The molecule has 0 aromatic heterocycles. The highest BCUT2D eigenvalue weighted by molar-refractivity contribution is 5.73. The monoisotopic (exact) mass is 478 g/mol. The van der Waals surface area contributed by atoms with Gasteiger partial charge in [0.05, 0.1) is 20.8 Å². The molecule has 11 heteroatoms. The Bertz CT molecular complexity index is 1060. The molecule has 1 fully saturated rings. The third kappa shape index (κ3) is 4.30. The lowest BCUT2D eigenvalue weighted by molar-refractivity contribution is -0.271. The van der Waals surface area contributed by atoms with Gasteiger partial charge in [-0.15, -0.1) is 0 Å². The maximum absolute atomic E-state index is 11.3. The van der Waals surface area contributed by atoms with Crippen LogP contribution < -0.4 is 18.9 Å². The Morgan fingerprint density at radius 1 is 1.03 bits per heavy atom. The Kier molecular flexibility index (Phi) is 6.71. The van der Waals surface area contributed by atoms with E-state index in [1.54, 1.807) is 30.3 Å². The maximum atomic E-state index is 11.3. The third-order valence-corrected chi connectivity index (χ3v) is 6.00. The maximum Gasteiger partial charge on any atom is 0.335 e. The van der Waals surface area contributed by atoms with E-state index in [1.807, 2.05) is 0 Å². The lowest BCUT2D eigenvalue weighted by Crippen LogP contribution is -2.61. The molecule has 5 N–H and O–H groups in total. The molecule has 2 aliphatic heterocycles. The molecule has 6 atom stereocenters. The van der Waals surface area contributed by atoms with Crippen molar-refractivity contribution in [3.8, 4) is 28.7 Å². The minimum atomic E-state index is -1.80. The highest BCUT2D eigenvalue weighted by Crippen LogP contribution is 2.44. The van der Waals surface area contributed by atoms with Crippen LogP contribution in [0.1, 0.15) is 17.0 Å². The number of carboxylic acids is 1. The first kappa shape index (κ1) is 23.9. The van der Waals surface area contributed by atoms with E-state index in [9.17, 15) is 25.2 Å². The van der Waals surface area contributed by atoms with Gasteiger partial charge in [-0.3, -0.25) is 0 Å². The fourth-order valence-corrected chi connectivity index (χ4v) is 4.16. The van der Waals surface area contributed by atoms with Gasteiger partial charge in [0.1, 0.15) is 29.8 Å². The highest BCUT2D eigenvalue weighted by Gasteiger charge is 2.48. The van der Waals surface area contributed by atoms with Crippen LogP contribution in [0.2, 0.25) is 0 Å². The van der Waals surface area contributed by atoms with E-state index in [-0.39, 0.29) is 29.8 Å². The number of carbonyl (C=O) groups is 1. The van der Waals surface area contributed by atoms with Crippen LogP contribution >= 0.6 is 0 Å². The number of aliphatic carboxylic acids is 1. The van der Waals surface area contributed by atoms with Crippen LogP contribution in [0.3, 0.4) is 0 Å². The fourth-order valence-electron chi connectivity index (χ4n) is 4.16. The van der Waals surface area contributed by atoms with Crippen molar-refractivity contribution in [2.75, 3.05) is 20.8 Å². The van der Waals surface area contributed by atoms with Gasteiger partial charge < -0.3 is 49.2 Å². The second-order valence-electron chi connectivity index (χ2n) is 8.07. The summed E-state index contributed by atoms with van der Waals surface area (Å²) in [4.78, 5) is 11.3. The second kappa shape index (κ2) is 9.55. The average Bonchev–Trinajstić information content (AvgIpc) is 2.83. The van der Waals surface area contributed by atoms with E-state index in [4.69, 9.17) is 28.8 Å². The second-order valence-corrected chi connectivity index (χ2v) is 8.07. The number of hydrogen-bond donors (Lipinski definition) is 5. The van der Waals surface area contributed by atoms with Crippen LogP contribution in [0.25, 0.3) is 0 Å². The summed E-state index contributed by atoms with van der Waals surface area (Å²) in [6, 6.07) is 8.36. The van der Waals surface area contributed by atoms with Crippen molar-refractivity contribution in [1.29, 1.82) is 0 Å². The molecule has 2 aromatic carbocycles. The van der Waals surface area contributed by atoms with Crippen LogP contribution in [0.5, 0.6) is 28.7 Å². The Labute approximate surface area is 194 Å². The van der Waals surface area contributed by atoms with Crippen LogP contribution in [-0.2, 0) is 16.0 Å². The first-order valence-corrected chi connectivity index (χ1v) is 10.5. The summed E-state index contributed by atoms with van der Waals surface area (Å²) in [5.74, 6) is -0.292. The fraction of sp³-hybridized carbons (Fsp3) is 0.435. The minimum absolute atomic E-state index is 0.0176. The zero-order valence-corrected chi connectivity index (χ0v) is 18.5. The summed E-state index contributed by atoms with van der Waals surface area (Å²) >= 11 is 0. The SMILES string of the molecule is COc1ccc([C@@H]2COc3cc(O[C@H]4O[C@H](C(=O)O)[C@@H](O)[C@H](O)[C@H]4O)ccc3C2)c(O)c1OC. The van der Waals surface area contributed by atoms with Crippen LogP contribution in [0.15, 0.2) is 30.3 Å². The number of methoxy groups -OCH3 is 2. The lowest BCUT2D eigenvalue weighted by Gasteiger charge is -2.38. The van der Waals surface area contributed by atoms with Gasteiger partial charge in [0.2, 0.25) is 12.0 Å². The quantitative estimate of drug-likeness (QED) is 0.390. The molecule has 0 aliphatic carbocycles. The molecule has 4 rings (SSSR count). The number of aromatic hydroxyl groups is 1. The standard InChI is InChI=1S/C23H26O11/c1-30-14-6-5-13(16(24)20(14)31-2)11-7-10-3-4-12(8-15(10)32-9-11)33-23-19(27)17(25)18(26)21(34-23)22(28)29/h3-6,8,11,17-19,21,23-27H,7,9H2,1-2H3,(H,28,29)/t11-,17-,18-,19+,21-,23-/m0/s1. The predicted molar refractivity (Wildman–Crippen MR) is 115 cm³/mol. The molecule has 2 heterocycles. The number of aliphatic hydroxyl groups is 3. The number of benzene rings is 2. The number of ether oxygens (including phenoxy) is 5. The number of phenols is 1. The Hall–Kier alpha value is -3.25. The summed E-state index contributed by atoms with van der Waals surface area (Å²) in [7, 11) is 2.93. The molecule has 0 radical (unpaired) electrons. The Morgan fingerprint density at radius 3 is 2.47 bits per heavy atom.